The van der Waals surface area contributed by atoms with Crippen LogP contribution in [0.2, 0.25) is 0 Å². The summed E-state index contributed by atoms with van der Waals surface area (Å²) >= 11 is 0. The first-order valence-electron chi connectivity index (χ1n) is 9.70. The van der Waals surface area contributed by atoms with Gasteiger partial charge in [-0.3, -0.25) is 14.4 Å². The summed E-state index contributed by atoms with van der Waals surface area (Å²) in [6, 6.07) is 5.78. The van der Waals surface area contributed by atoms with Crippen LogP contribution in [0.5, 0.6) is 0 Å². The zero-order valence-electron chi connectivity index (χ0n) is 17.1. The molecule has 0 aliphatic carbocycles. The largest absolute Gasteiger partial charge is 0.480 e. The molecule has 0 aromatic heterocycles. The number of aliphatic hydroxyl groups is 1. The van der Waals surface area contributed by atoms with Gasteiger partial charge in [0.25, 0.3) is 0 Å². The molecular formula is C20H30N4O6. The van der Waals surface area contributed by atoms with Gasteiger partial charge in [0.05, 0.1) is 19.2 Å². The van der Waals surface area contributed by atoms with Crippen molar-refractivity contribution in [1.82, 2.24) is 16.0 Å². The molecule has 4 unspecified atom stereocenters. The SMILES string of the molecule is CCC(C)C(N)C(=O)NC(Cc1ccccc1)C(=O)NCC(=O)NC(CO)C(=O)O. The minimum Gasteiger partial charge on any atom is -0.480 e. The molecule has 0 saturated heterocycles. The molecule has 10 nitrogen and oxygen atoms in total. The summed E-state index contributed by atoms with van der Waals surface area (Å²) in [5.41, 5.74) is 6.74. The van der Waals surface area contributed by atoms with Crippen LogP contribution >= 0.6 is 0 Å². The maximum absolute atomic E-state index is 12.6. The zero-order chi connectivity index (χ0) is 22.7. The summed E-state index contributed by atoms with van der Waals surface area (Å²) in [5, 5.41) is 24.9. The molecule has 0 aliphatic heterocycles. The summed E-state index contributed by atoms with van der Waals surface area (Å²) < 4.78 is 0. The fourth-order valence-electron chi connectivity index (χ4n) is 2.56. The van der Waals surface area contributed by atoms with Gasteiger partial charge >= 0.3 is 5.97 Å². The molecule has 4 atom stereocenters. The van der Waals surface area contributed by atoms with Gasteiger partial charge in [-0.25, -0.2) is 4.79 Å². The second-order valence-electron chi connectivity index (χ2n) is 7.02. The Kier molecular flexibility index (Phi) is 10.5. The number of aliphatic hydroxyl groups excluding tert-OH is 1. The van der Waals surface area contributed by atoms with Crippen LogP contribution in [0, 0.1) is 5.92 Å². The number of nitrogens with two attached hydrogens (primary N) is 1. The highest BCUT2D eigenvalue weighted by Gasteiger charge is 2.27. The number of carbonyl (C=O) groups excluding carboxylic acids is 3. The lowest BCUT2D eigenvalue weighted by molar-refractivity contribution is -0.142. The number of carboxylic acid groups (broad SMARTS) is 1. The number of hydrogen-bond donors (Lipinski definition) is 6. The number of nitrogens with one attached hydrogen (secondary N) is 3. The lowest BCUT2D eigenvalue weighted by Gasteiger charge is -2.23. The predicted octanol–water partition coefficient (Wildman–Crippen LogP) is -1.23. The normalized spacial score (nSPS) is 14.7. The van der Waals surface area contributed by atoms with Gasteiger partial charge in [-0.1, -0.05) is 50.6 Å². The summed E-state index contributed by atoms with van der Waals surface area (Å²) in [7, 11) is 0. The molecule has 0 spiro atoms. The molecule has 1 rings (SSSR count). The van der Waals surface area contributed by atoms with Crippen LogP contribution in [0.25, 0.3) is 0 Å². The van der Waals surface area contributed by atoms with Crippen LogP contribution in [-0.2, 0) is 25.6 Å². The average Bonchev–Trinajstić information content (AvgIpc) is 2.74. The molecule has 0 saturated carbocycles. The number of amides is 3. The molecule has 0 heterocycles. The van der Waals surface area contributed by atoms with Crippen molar-refractivity contribution in [2.45, 2.75) is 44.8 Å². The summed E-state index contributed by atoms with van der Waals surface area (Å²) in [6.07, 6.45) is 0.877. The first-order chi connectivity index (χ1) is 14.2. The highest BCUT2D eigenvalue weighted by molar-refractivity contribution is 5.92. The van der Waals surface area contributed by atoms with E-state index in [1.807, 2.05) is 19.9 Å². The fraction of sp³-hybridized carbons (Fsp3) is 0.500. The van der Waals surface area contributed by atoms with Crippen molar-refractivity contribution in [3.05, 3.63) is 35.9 Å². The number of carbonyl (C=O) groups is 4. The Labute approximate surface area is 175 Å². The van der Waals surface area contributed by atoms with Gasteiger partial charge in [-0.2, -0.15) is 0 Å². The lowest BCUT2D eigenvalue weighted by Crippen LogP contribution is -2.55. The van der Waals surface area contributed by atoms with Gasteiger partial charge < -0.3 is 31.9 Å². The predicted molar refractivity (Wildman–Crippen MR) is 109 cm³/mol. The third-order valence-electron chi connectivity index (χ3n) is 4.71. The standard InChI is InChI=1S/C20H30N4O6/c1-3-12(2)17(21)19(28)24-14(9-13-7-5-4-6-8-13)18(27)22-10-16(26)23-15(11-25)20(29)30/h4-8,12,14-15,17,25H,3,9-11,21H2,1-2H3,(H,22,27)(H,23,26)(H,24,28)(H,29,30). The fourth-order valence-corrected chi connectivity index (χ4v) is 2.56. The van der Waals surface area contributed by atoms with Crippen molar-refractivity contribution in [2.75, 3.05) is 13.2 Å². The molecule has 10 heteroatoms. The van der Waals surface area contributed by atoms with Crippen LogP contribution in [0.4, 0.5) is 0 Å². The maximum Gasteiger partial charge on any atom is 0.328 e. The van der Waals surface area contributed by atoms with E-state index in [0.29, 0.717) is 6.42 Å². The van der Waals surface area contributed by atoms with Crippen LogP contribution < -0.4 is 21.7 Å². The monoisotopic (exact) mass is 422 g/mol. The zero-order valence-corrected chi connectivity index (χ0v) is 17.1. The third-order valence-corrected chi connectivity index (χ3v) is 4.71. The van der Waals surface area contributed by atoms with E-state index in [9.17, 15) is 19.2 Å². The van der Waals surface area contributed by atoms with E-state index in [1.165, 1.54) is 0 Å². The minimum atomic E-state index is -1.47. The van der Waals surface area contributed by atoms with Gasteiger partial charge in [-0.05, 0) is 11.5 Å². The number of carboxylic acids is 1. The first-order valence-corrected chi connectivity index (χ1v) is 9.70. The quantitative estimate of drug-likeness (QED) is 0.245. The molecule has 0 radical (unpaired) electrons. The minimum absolute atomic E-state index is 0.0809. The van der Waals surface area contributed by atoms with Gasteiger partial charge in [0, 0.05) is 6.42 Å². The van der Waals surface area contributed by atoms with Crippen molar-refractivity contribution in [3.63, 3.8) is 0 Å². The molecule has 166 valence electrons. The Balaban J connectivity index is 2.80. The summed E-state index contributed by atoms with van der Waals surface area (Å²) in [6.45, 7) is 2.44. The molecule has 30 heavy (non-hydrogen) atoms. The van der Waals surface area contributed by atoms with E-state index in [2.05, 4.69) is 16.0 Å². The topological polar surface area (TPSA) is 171 Å². The number of benzene rings is 1. The third kappa shape index (κ3) is 8.18. The second kappa shape index (κ2) is 12.6. The summed E-state index contributed by atoms with van der Waals surface area (Å²) in [4.78, 5) is 47.8. The van der Waals surface area contributed by atoms with Crippen LogP contribution in [0.1, 0.15) is 25.8 Å². The van der Waals surface area contributed by atoms with Crippen LogP contribution in [0.15, 0.2) is 30.3 Å². The van der Waals surface area contributed by atoms with E-state index in [1.54, 1.807) is 24.3 Å². The van der Waals surface area contributed by atoms with Crippen LogP contribution in [0.3, 0.4) is 0 Å². The van der Waals surface area contributed by atoms with E-state index in [0.717, 1.165) is 5.56 Å². The number of hydrogen-bond acceptors (Lipinski definition) is 6. The molecule has 0 fully saturated rings. The molecule has 7 N–H and O–H groups in total. The lowest BCUT2D eigenvalue weighted by atomic mass is 9.98. The molecule has 0 bridgehead atoms. The Morgan fingerprint density at radius 3 is 2.20 bits per heavy atom. The molecule has 3 amide bonds. The van der Waals surface area contributed by atoms with E-state index in [4.69, 9.17) is 15.9 Å². The molecule has 1 aromatic rings. The van der Waals surface area contributed by atoms with E-state index in [-0.39, 0.29) is 12.3 Å². The highest BCUT2D eigenvalue weighted by atomic mass is 16.4. The Morgan fingerprint density at radius 1 is 1.03 bits per heavy atom. The Bertz CT molecular complexity index is 727. The van der Waals surface area contributed by atoms with Crippen molar-refractivity contribution in [1.29, 1.82) is 0 Å². The Hall–Kier alpha value is -2.98. The van der Waals surface area contributed by atoms with Gasteiger partial charge in [0.1, 0.15) is 12.1 Å². The van der Waals surface area contributed by atoms with Gasteiger partial charge in [0.2, 0.25) is 17.7 Å². The van der Waals surface area contributed by atoms with Gasteiger partial charge in [0.15, 0.2) is 0 Å². The number of aliphatic carboxylic acids is 1. The van der Waals surface area contributed by atoms with Crippen molar-refractivity contribution in [3.8, 4) is 0 Å². The summed E-state index contributed by atoms with van der Waals surface area (Å²) in [5.74, 6) is -3.36. The molecule has 1 aromatic carbocycles. The van der Waals surface area contributed by atoms with Crippen molar-refractivity contribution in [2.24, 2.45) is 11.7 Å². The number of rotatable bonds is 12. The van der Waals surface area contributed by atoms with Gasteiger partial charge in [-0.15, -0.1) is 0 Å². The van der Waals surface area contributed by atoms with Crippen LogP contribution in [-0.4, -0.2) is 65.2 Å². The van der Waals surface area contributed by atoms with E-state index < -0.39 is 55.0 Å². The van der Waals surface area contributed by atoms with E-state index >= 15 is 0 Å². The van der Waals surface area contributed by atoms with Crippen molar-refractivity contribution >= 4 is 23.7 Å². The smallest absolute Gasteiger partial charge is 0.328 e. The second-order valence-corrected chi connectivity index (χ2v) is 7.02. The highest BCUT2D eigenvalue weighted by Crippen LogP contribution is 2.08. The molecule has 0 aliphatic rings. The first kappa shape index (κ1) is 25.1. The maximum atomic E-state index is 12.6. The average molecular weight is 422 g/mol. The molecular weight excluding hydrogens is 392 g/mol. The van der Waals surface area contributed by atoms with Crippen molar-refractivity contribution < 1.29 is 29.4 Å². The Morgan fingerprint density at radius 2 is 1.67 bits per heavy atom.